The Balaban J connectivity index is 2.08. The van der Waals surface area contributed by atoms with Crippen molar-refractivity contribution in [1.29, 1.82) is 0 Å². The number of hydrogen-bond acceptors (Lipinski definition) is 3. The van der Waals surface area contributed by atoms with Gasteiger partial charge in [0.05, 0.1) is 0 Å². The van der Waals surface area contributed by atoms with E-state index in [1.165, 1.54) is 24.9 Å². The van der Waals surface area contributed by atoms with Gasteiger partial charge in [-0.3, -0.25) is 4.90 Å². The Morgan fingerprint density at radius 3 is 2.94 bits per heavy atom. The fourth-order valence-electron chi connectivity index (χ4n) is 2.47. The minimum absolute atomic E-state index is 0.591. The highest BCUT2D eigenvalue weighted by Gasteiger charge is 2.24. The minimum atomic E-state index is 0.591. The van der Waals surface area contributed by atoms with Crippen LogP contribution in [0.25, 0.3) is 0 Å². The highest BCUT2D eigenvalue weighted by Crippen LogP contribution is 2.31. The summed E-state index contributed by atoms with van der Waals surface area (Å²) in [5.41, 5.74) is 1.36. The van der Waals surface area contributed by atoms with Gasteiger partial charge in [0, 0.05) is 18.8 Å². The molecule has 0 saturated carbocycles. The lowest BCUT2D eigenvalue weighted by molar-refractivity contribution is 0.271. The van der Waals surface area contributed by atoms with E-state index in [9.17, 15) is 0 Å². The molecule has 1 aliphatic heterocycles. The van der Waals surface area contributed by atoms with Crippen LogP contribution in [0.15, 0.2) is 18.3 Å². The number of nitrogens with zero attached hydrogens (tertiary/aromatic N) is 2. The first kappa shape index (κ1) is 11.4. The van der Waals surface area contributed by atoms with Crippen molar-refractivity contribution in [3.05, 3.63) is 23.9 Å². The molecule has 1 aromatic heterocycles. The lowest BCUT2D eigenvalue weighted by Gasteiger charge is -2.22. The minimum Gasteiger partial charge on any atom is -0.370 e. The van der Waals surface area contributed by atoms with Crippen LogP contribution in [-0.4, -0.2) is 29.5 Å². The van der Waals surface area contributed by atoms with Gasteiger partial charge in [0.1, 0.15) is 5.82 Å². The fourth-order valence-corrected chi connectivity index (χ4v) is 2.47. The highest BCUT2D eigenvalue weighted by atomic mass is 15.2. The van der Waals surface area contributed by atoms with Gasteiger partial charge in [0.2, 0.25) is 0 Å². The number of likely N-dealkylation sites (tertiary alicyclic amines) is 1. The van der Waals surface area contributed by atoms with Crippen LogP contribution in [0.5, 0.6) is 0 Å². The number of aromatic nitrogens is 1. The van der Waals surface area contributed by atoms with Gasteiger partial charge < -0.3 is 5.32 Å². The molecule has 3 nitrogen and oxygen atoms in total. The van der Waals surface area contributed by atoms with Crippen LogP contribution in [-0.2, 0) is 0 Å². The van der Waals surface area contributed by atoms with E-state index in [2.05, 4.69) is 41.2 Å². The standard InChI is InChI=1S/C13H21N3/c1-3-14-13-8-7-11(10-15-13)12-6-5-9-16(12)4-2/h7-8,10,12H,3-6,9H2,1-2H3,(H,14,15). The van der Waals surface area contributed by atoms with E-state index in [0.29, 0.717) is 6.04 Å². The largest absolute Gasteiger partial charge is 0.370 e. The molecule has 88 valence electrons. The summed E-state index contributed by atoms with van der Waals surface area (Å²) >= 11 is 0. The predicted octanol–water partition coefficient (Wildman–Crippen LogP) is 2.67. The zero-order chi connectivity index (χ0) is 11.4. The van der Waals surface area contributed by atoms with Crippen LogP contribution < -0.4 is 5.32 Å². The van der Waals surface area contributed by atoms with Gasteiger partial charge in [-0.25, -0.2) is 4.98 Å². The van der Waals surface area contributed by atoms with Crippen molar-refractivity contribution in [1.82, 2.24) is 9.88 Å². The molecule has 1 unspecified atom stereocenters. The Labute approximate surface area is 97.9 Å². The van der Waals surface area contributed by atoms with Gasteiger partial charge in [0.25, 0.3) is 0 Å². The monoisotopic (exact) mass is 219 g/mol. The summed E-state index contributed by atoms with van der Waals surface area (Å²) in [6.45, 7) is 7.62. The normalized spacial score (nSPS) is 21.2. The number of hydrogen-bond donors (Lipinski definition) is 1. The number of nitrogens with one attached hydrogen (secondary N) is 1. The number of pyridine rings is 1. The predicted molar refractivity (Wildman–Crippen MR) is 67.6 cm³/mol. The lowest BCUT2D eigenvalue weighted by atomic mass is 10.1. The van der Waals surface area contributed by atoms with Crippen LogP contribution in [0, 0.1) is 0 Å². The van der Waals surface area contributed by atoms with Gasteiger partial charge in [-0.1, -0.05) is 13.0 Å². The van der Waals surface area contributed by atoms with E-state index in [1.54, 1.807) is 0 Å². The molecule has 1 atom stereocenters. The molecule has 3 heteroatoms. The first-order valence-electron chi connectivity index (χ1n) is 6.29. The van der Waals surface area contributed by atoms with E-state index in [0.717, 1.165) is 18.9 Å². The van der Waals surface area contributed by atoms with Crippen LogP contribution in [0.1, 0.15) is 38.3 Å². The molecular weight excluding hydrogens is 198 g/mol. The molecule has 0 aromatic carbocycles. The van der Waals surface area contributed by atoms with Crippen molar-refractivity contribution in [3.8, 4) is 0 Å². The van der Waals surface area contributed by atoms with E-state index in [1.807, 2.05) is 6.20 Å². The third kappa shape index (κ3) is 2.35. The molecule has 1 N–H and O–H groups in total. The number of anilines is 1. The SMILES string of the molecule is CCNc1ccc(C2CCCN2CC)cn1. The summed E-state index contributed by atoms with van der Waals surface area (Å²) in [6, 6.07) is 4.89. The molecule has 2 rings (SSSR count). The zero-order valence-electron chi connectivity index (χ0n) is 10.2. The number of rotatable bonds is 4. The Bertz CT molecular complexity index is 320. The summed E-state index contributed by atoms with van der Waals surface area (Å²) in [5.74, 6) is 0.979. The van der Waals surface area contributed by atoms with Crippen molar-refractivity contribution in [2.24, 2.45) is 0 Å². The van der Waals surface area contributed by atoms with E-state index in [-0.39, 0.29) is 0 Å². The van der Waals surface area contributed by atoms with Crippen molar-refractivity contribution in [2.45, 2.75) is 32.7 Å². The summed E-state index contributed by atoms with van der Waals surface area (Å²) in [5, 5.41) is 3.23. The van der Waals surface area contributed by atoms with Gasteiger partial charge >= 0.3 is 0 Å². The van der Waals surface area contributed by atoms with Crippen molar-refractivity contribution in [2.75, 3.05) is 25.0 Å². The molecule has 0 bridgehead atoms. The first-order chi connectivity index (χ1) is 7.85. The maximum absolute atomic E-state index is 4.44. The van der Waals surface area contributed by atoms with E-state index in [4.69, 9.17) is 0 Å². The molecule has 1 fully saturated rings. The van der Waals surface area contributed by atoms with Gasteiger partial charge in [-0.15, -0.1) is 0 Å². The second-order valence-corrected chi connectivity index (χ2v) is 4.29. The first-order valence-corrected chi connectivity index (χ1v) is 6.29. The molecular formula is C13H21N3. The Morgan fingerprint density at radius 2 is 2.31 bits per heavy atom. The van der Waals surface area contributed by atoms with Crippen molar-refractivity contribution in [3.63, 3.8) is 0 Å². The van der Waals surface area contributed by atoms with Crippen molar-refractivity contribution >= 4 is 5.82 Å². The van der Waals surface area contributed by atoms with E-state index >= 15 is 0 Å². The molecule has 1 aromatic rings. The Morgan fingerprint density at radius 1 is 1.44 bits per heavy atom. The van der Waals surface area contributed by atoms with Crippen LogP contribution >= 0.6 is 0 Å². The van der Waals surface area contributed by atoms with Crippen LogP contribution in [0.4, 0.5) is 5.82 Å². The van der Waals surface area contributed by atoms with Crippen molar-refractivity contribution < 1.29 is 0 Å². The topological polar surface area (TPSA) is 28.2 Å². The molecule has 16 heavy (non-hydrogen) atoms. The van der Waals surface area contributed by atoms with Gasteiger partial charge in [-0.2, -0.15) is 0 Å². The summed E-state index contributed by atoms with van der Waals surface area (Å²) in [6.07, 6.45) is 4.61. The average molecular weight is 219 g/mol. The Hall–Kier alpha value is -1.09. The third-order valence-corrected chi connectivity index (χ3v) is 3.30. The molecule has 2 heterocycles. The third-order valence-electron chi connectivity index (χ3n) is 3.30. The Kier molecular flexibility index (Phi) is 3.78. The molecule has 1 saturated heterocycles. The summed E-state index contributed by atoms with van der Waals surface area (Å²) in [4.78, 5) is 6.98. The summed E-state index contributed by atoms with van der Waals surface area (Å²) in [7, 11) is 0. The van der Waals surface area contributed by atoms with Gasteiger partial charge in [-0.05, 0) is 44.5 Å². The van der Waals surface area contributed by atoms with Crippen LogP contribution in [0.2, 0.25) is 0 Å². The molecule has 0 aliphatic carbocycles. The second kappa shape index (κ2) is 5.30. The average Bonchev–Trinajstić information content (AvgIpc) is 2.78. The molecule has 0 amide bonds. The van der Waals surface area contributed by atoms with Crippen LogP contribution in [0.3, 0.4) is 0 Å². The maximum Gasteiger partial charge on any atom is 0.125 e. The second-order valence-electron chi connectivity index (χ2n) is 4.29. The smallest absolute Gasteiger partial charge is 0.125 e. The highest BCUT2D eigenvalue weighted by molar-refractivity contribution is 5.36. The lowest BCUT2D eigenvalue weighted by Crippen LogP contribution is -2.22. The summed E-state index contributed by atoms with van der Waals surface area (Å²) < 4.78 is 0. The fraction of sp³-hybridized carbons (Fsp3) is 0.615. The molecule has 0 spiro atoms. The quantitative estimate of drug-likeness (QED) is 0.844. The van der Waals surface area contributed by atoms with Gasteiger partial charge in [0.15, 0.2) is 0 Å². The maximum atomic E-state index is 4.44. The molecule has 1 aliphatic rings. The zero-order valence-corrected chi connectivity index (χ0v) is 10.2. The van der Waals surface area contributed by atoms with E-state index < -0.39 is 0 Å². The molecule has 0 radical (unpaired) electrons.